The van der Waals surface area contributed by atoms with Gasteiger partial charge in [0.2, 0.25) is 5.95 Å². The highest BCUT2D eigenvalue weighted by Gasteiger charge is 2.02. The van der Waals surface area contributed by atoms with Crippen molar-refractivity contribution in [3.8, 4) is 5.75 Å². The van der Waals surface area contributed by atoms with Gasteiger partial charge in [-0.2, -0.15) is 4.98 Å². The van der Waals surface area contributed by atoms with E-state index in [0.29, 0.717) is 12.5 Å². The van der Waals surface area contributed by atoms with Crippen molar-refractivity contribution in [1.82, 2.24) is 9.97 Å². The number of aromatic nitrogens is 2. The Bertz CT molecular complexity index is 545. The van der Waals surface area contributed by atoms with Crippen LogP contribution in [0.15, 0.2) is 36.5 Å². The van der Waals surface area contributed by atoms with Crippen LogP contribution in [-0.2, 0) is 6.54 Å². The summed E-state index contributed by atoms with van der Waals surface area (Å²) in [6.45, 7) is 3.64. The predicted molar refractivity (Wildman–Crippen MR) is 81.1 cm³/mol. The summed E-state index contributed by atoms with van der Waals surface area (Å²) >= 11 is 0. The number of hydrogen-bond donors (Lipinski definition) is 2. The molecule has 0 saturated heterocycles. The van der Waals surface area contributed by atoms with E-state index >= 15 is 0 Å². The Morgan fingerprint density at radius 1 is 1.15 bits per heavy atom. The monoisotopic (exact) mass is 272 g/mol. The van der Waals surface area contributed by atoms with Crippen molar-refractivity contribution in [3.63, 3.8) is 0 Å². The molecule has 0 spiro atoms. The molecule has 0 radical (unpaired) electrons. The van der Waals surface area contributed by atoms with E-state index in [4.69, 9.17) is 4.74 Å². The second-order valence-corrected chi connectivity index (χ2v) is 4.36. The normalized spacial score (nSPS) is 10.1. The molecule has 1 aromatic heterocycles. The zero-order valence-corrected chi connectivity index (χ0v) is 11.9. The maximum atomic E-state index is 5.33. The van der Waals surface area contributed by atoms with Crippen LogP contribution < -0.4 is 15.4 Å². The number of methoxy groups -OCH3 is 1. The summed E-state index contributed by atoms with van der Waals surface area (Å²) in [4.78, 5) is 8.59. The van der Waals surface area contributed by atoms with Crippen LogP contribution in [0.3, 0.4) is 0 Å². The quantitative estimate of drug-likeness (QED) is 0.811. The lowest BCUT2D eigenvalue weighted by molar-refractivity contribution is 0.410. The predicted octanol–water partition coefficient (Wildman–Crippen LogP) is 2.92. The van der Waals surface area contributed by atoms with E-state index in [1.54, 1.807) is 13.3 Å². The Morgan fingerprint density at radius 3 is 2.80 bits per heavy atom. The van der Waals surface area contributed by atoms with Crippen LogP contribution in [0.25, 0.3) is 0 Å². The average molecular weight is 272 g/mol. The van der Waals surface area contributed by atoms with E-state index in [9.17, 15) is 0 Å². The number of nitrogens with zero attached hydrogens (tertiary/aromatic N) is 2. The molecule has 2 aromatic rings. The smallest absolute Gasteiger partial charge is 0.224 e. The van der Waals surface area contributed by atoms with Crippen molar-refractivity contribution in [3.05, 3.63) is 42.1 Å². The van der Waals surface area contributed by atoms with Gasteiger partial charge in [-0.3, -0.25) is 0 Å². The molecule has 1 aromatic carbocycles. The molecule has 5 nitrogen and oxygen atoms in total. The van der Waals surface area contributed by atoms with Crippen molar-refractivity contribution in [2.24, 2.45) is 0 Å². The molecule has 0 aliphatic heterocycles. The Morgan fingerprint density at radius 2 is 2.00 bits per heavy atom. The maximum Gasteiger partial charge on any atom is 0.224 e. The van der Waals surface area contributed by atoms with E-state index < -0.39 is 0 Å². The Labute approximate surface area is 119 Å². The molecule has 0 aliphatic carbocycles. The fourth-order valence-corrected chi connectivity index (χ4v) is 1.81. The molecule has 2 N–H and O–H groups in total. The van der Waals surface area contributed by atoms with Gasteiger partial charge in [0.1, 0.15) is 11.6 Å². The molecule has 2 rings (SSSR count). The summed E-state index contributed by atoms with van der Waals surface area (Å²) in [6, 6.07) is 9.79. The molecule has 5 heteroatoms. The van der Waals surface area contributed by atoms with Crippen LogP contribution in [0.2, 0.25) is 0 Å². The zero-order chi connectivity index (χ0) is 14.2. The van der Waals surface area contributed by atoms with Gasteiger partial charge in [0, 0.05) is 24.8 Å². The summed E-state index contributed by atoms with van der Waals surface area (Å²) < 4.78 is 5.33. The minimum absolute atomic E-state index is 0.650. The van der Waals surface area contributed by atoms with E-state index in [-0.39, 0.29) is 0 Å². The van der Waals surface area contributed by atoms with Crippen LogP contribution >= 0.6 is 0 Å². The third-order valence-electron chi connectivity index (χ3n) is 2.84. The van der Waals surface area contributed by atoms with Crippen molar-refractivity contribution < 1.29 is 4.74 Å². The first kappa shape index (κ1) is 14.1. The molecule has 0 aliphatic rings. The summed E-state index contributed by atoms with van der Waals surface area (Å²) in [7, 11) is 1.68. The van der Waals surface area contributed by atoms with Crippen molar-refractivity contribution in [1.29, 1.82) is 0 Å². The van der Waals surface area contributed by atoms with Gasteiger partial charge in [0.25, 0.3) is 0 Å². The lowest BCUT2D eigenvalue weighted by Crippen LogP contribution is -2.07. The molecule has 1 heterocycles. The summed E-state index contributed by atoms with van der Waals surface area (Å²) in [5, 5.41) is 6.45. The molecule has 0 fully saturated rings. The van der Waals surface area contributed by atoms with Crippen LogP contribution in [0.4, 0.5) is 11.8 Å². The second-order valence-electron chi connectivity index (χ2n) is 4.36. The second kappa shape index (κ2) is 7.33. The van der Waals surface area contributed by atoms with Gasteiger partial charge in [0.15, 0.2) is 0 Å². The highest BCUT2D eigenvalue weighted by atomic mass is 16.5. The fourth-order valence-electron chi connectivity index (χ4n) is 1.81. The summed E-state index contributed by atoms with van der Waals surface area (Å²) in [5.41, 5.74) is 1.09. The van der Waals surface area contributed by atoms with Crippen LogP contribution in [0, 0.1) is 0 Å². The number of nitrogens with one attached hydrogen (secondary N) is 2. The van der Waals surface area contributed by atoms with E-state index in [0.717, 1.165) is 30.1 Å². The number of hydrogen-bond acceptors (Lipinski definition) is 5. The largest absolute Gasteiger partial charge is 0.496 e. The fraction of sp³-hybridized carbons (Fsp3) is 0.333. The van der Waals surface area contributed by atoms with Crippen molar-refractivity contribution in [2.45, 2.75) is 19.9 Å². The van der Waals surface area contributed by atoms with Crippen LogP contribution in [-0.4, -0.2) is 23.6 Å². The Hall–Kier alpha value is -2.30. The SMILES string of the molecule is CCCNc1nccc(NCc2ccccc2OC)n1. The van der Waals surface area contributed by atoms with Gasteiger partial charge in [0.05, 0.1) is 7.11 Å². The highest BCUT2D eigenvalue weighted by molar-refractivity contribution is 5.42. The first-order chi connectivity index (χ1) is 9.83. The number of benzene rings is 1. The molecule has 0 atom stereocenters. The van der Waals surface area contributed by atoms with Crippen LogP contribution in [0.5, 0.6) is 5.75 Å². The molecule has 106 valence electrons. The number of anilines is 2. The minimum atomic E-state index is 0.650. The van der Waals surface area contributed by atoms with E-state index in [2.05, 4.69) is 27.5 Å². The Kier molecular flexibility index (Phi) is 5.17. The third-order valence-corrected chi connectivity index (χ3v) is 2.84. The molecule has 0 bridgehead atoms. The van der Waals surface area contributed by atoms with Gasteiger partial charge in [-0.15, -0.1) is 0 Å². The lowest BCUT2D eigenvalue weighted by atomic mass is 10.2. The average Bonchev–Trinajstić information content (AvgIpc) is 2.51. The summed E-state index contributed by atoms with van der Waals surface area (Å²) in [5.74, 6) is 2.32. The van der Waals surface area contributed by atoms with Crippen molar-refractivity contribution in [2.75, 3.05) is 24.3 Å². The zero-order valence-electron chi connectivity index (χ0n) is 11.9. The first-order valence-corrected chi connectivity index (χ1v) is 6.76. The molecule has 20 heavy (non-hydrogen) atoms. The van der Waals surface area contributed by atoms with Gasteiger partial charge >= 0.3 is 0 Å². The summed E-state index contributed by atoms with van der Waals surface area (Å²) in [6.07, 6.45) is 2.79. The molecule has 0 saturated carbocycles. The van der Waals surface area contributed by atoms with Crippen molar-refractivity contribution >= 4 is 11.8 Å². The lowest BCUT2D eigenvalue weighted by Gasteiger charge is -2.10. The number of rotatable bonds is 7. The number of para-hydroxylation sites is 1. The highest BCUT2D eigenvalue weighted by Crippen LogP contribution is 2.18. The van der Waals surface area contributed by atoms with E-state index in [1.165, 1.54) is 0 Å². The van der Waals surface area contributed by atoms with Crippen LogP contribution in [0.1, 0.15) is 18.9 Å². The molecule has 0 unspecified atom stereocenters. The minimum Gasteiger partial charge on any atom is -0.496 e. The standard InChI is InChI=1S/C15H20N4O/c1-3-9-16-15-17-10-8-14(19-15)18-11-12-6-4-5-7-13(12)20-2/h4-8,10H,3,9,11H2,1-2H3,(H2,16,17,18,19). The number of ether oxygens (including phenoxy) is 1. The van der Waals surface area contributed by atoms with Gasteiger partial charge in [-0.25, -0.2) is 4.98 Å². The molecular weight excluding hydrogens is 252 g/mol. The van der Waals surface area contributed by atoms with E-state index in [1.807, 2.05) is 30.3 Å². The molecule has 0 amide bonds. The maximum absolute atomic E-state index is 5.33. The van der Waals surface area contributed by atoms with Gasteiger partial charge < -0.3 is 15.4 Å². The third kappa shape index (κ3) is 3.85. The topological polar surface area (TPSA) is 59.1 Å². The van der Waals surface area contributed by atoms with Gasteiger partial charge in [-0.05, 0) is 18.6 Å². The van der Waals surface area contributed by atoms with Gasteiger partial charge in [-0.1, -0.05) is 25.1 Å². The Balaban J connectivity index is 1.99. The molecular formula is C15H20N4O. The first-order valence-electron chi connectivity index (χ1n) is 6.76.